The Kier molecular flexibility index (Phi) is 4.22. The molecule has 0 bridgehead atoms. The van der Waals surface area contributed by atoms with Crippen molar-refractivity contribution < 1.29 is 13.2 Å². The maximum Gasteiger partial charge on any atom is 0.416 e. The molecule has 0 saturated carbocycles. The van der Waals surface area contributed by atoms with Crippen LogP contribution in [-0.2, 0) is 19.1 Å². The van der Waals surface area contributed by atoms with Crippen LogP contribution in [0.15, 0.2) is 18.2 Å². The summed E-state index contributed by atoms with van der Waals surface area (Å²) < 4.78 is 38.1. The van der Waals surface area contributed by atoms with Crippen molar-refractivity contribution in [2.45, 2.75) is 32.0 Å². The molecule has 0 aliphatic carbocycles. The van der Waals surface area contributed by atoms with Gasteiger partial charge in [-0.3, -0.25) is 4.90 Å². The summed E-state index contributed by atoms with van der Waals surface area (Å²) in [4.78, 5) is 4.83. The Morgan fingerprint density at radius 2 is 1.62 bits per heavy atom. The summed E-state index contributed by atoms with van der Waals surface area (Å²) in [5.74, 6) is 0. The molecule has 0 spiro atoms. The Morgan fingerprint density at radius 3 is 2.33 bits per heavy atom. The van der Waals surface area contributed by atoms with E-state index < -0.39 is 11.7 Å². The monoisotopic (exact) mass is 298 g/mol. The largest absolute Gasteiger partial charge is 0.416 e. The summed E-state index contributed by atoms with van der Waals surface area (Å²) in [5.41, 5.74) is 1.39. The Morgan fingerprint density at radius 1 is 0.905 bits per heavy atom. The van der Waals surface area contributed by atoms with Crippen LogP contribution >= 0.6 is 0 Å². The van der Waals surface area contributed by atoms with Crippen molar-refractivity contribution in [3.63, 3.8) is 0 Å². The summed E-state index contributed by atoms with van der Waals surface area (Å²) in [6.45, 7) is 6.12. The number of alkyl halides is 3. The lowest BCUT2D eigenvalue weighted by molar-refractivity contribution is -0.137. The van der Waals surface area contributed by atoms with Gasteiger partial charge in [0.15, 0.2) is 0 Å². The van der Waals surface area contributed by atoms with E-state index in [-0.39, 0.29) is 0 Å². The molecule has 0 radical (unpaired) electrons. The fraction of sp³-hybridized carbons (Fsp3) is 0.625. The van der Waals surface area contributed by atoms with Crippen molar-refractivity contribution in [1.29, 1.82) is 0 Å². The second-order valence-corrected chi connectivity index (χ2v) is 6.06. The Bertz CT molecular complexity index is 493. The molecule has 1 saturated heterocycles. The first-order valence-corrected chi connectivity index (χ1v) is 7.66. The lowest BCUT2D eigenvalue weighted by atomic mass is 9.97. The second kappa shape index (κ2) is 5.97. The van der Waals surface area contributed by atoms with Crippen LogP contribution in [0.4, 0.5) is 13.2 Å². The predicted octanol–water partition coefficient (Wildman–Crippen LogP) is 3.16. The molecule has 5 heteroatoms. The summed E-state index contributed by atoms with van der Waals surface area (Å²) in [6.07, 6.45) is -0.923. The number of nitrogens with zero attached hydrogens (tertiary/aromatic N) is 2. The van der Waals surface area contributed by atoms with Crippen molar-refractivity contribution in [1.82, 2.24) is 9.80 Å². The molecule has 2 aliphatic rings. The fourth-order valence-corrected chi connectivity index (χ4v) is 3.27. The zero-order valence-electron chi connectivity index (χ0n) is 12.1. The van der Waals surface area contributed by atoms with Crippen LogP contribution in [0.5, 0.6) is 0 Å². The predicted molar refractivity (Wildman–Crippen MR) is 76.1 cm³/mol. The van der Waals surface area contributed by atoms with Crippen LogP contribution in [0, 0.1) is 0 Å². The highest BCUT2D eigenvalue weighted by atomic mass is 19.4. The van der Waals surface area contributed by atoms with Crippen molar-refractivity contribution in [3.8, 4) is 0 Å². The van der Waals surface area contributed by atoms with Gasteiger partial charge in [-0.05, 0) is 55.6 Å². The fourth-order valence-electron chi connectivity index (χ4n) is 3.27. The first-order chi connectivity index (χ1) is 10.0. The van der Waals surface area contributed by atoms with Crippen LogP contribution in [0.25, 0.3) is 0 Å². The van der Waals surface area contributed by atoms with Gasteiger partial charge in [-0.1, -0.05) is 6.07 Å². The van der Waals surface area contributed by atoms with Gasteiger partial charge in [-0.2, -0.15) is 13.2 Å². The molecule has 0 N–H and O–H groups in total. The highest BCUT2D eigenvalue weighted by molar-refractivity contribution is 5.35. The minimum atomic E-state index is -4.23. The molecule has 2 heterocycles. The van der Waals surface area contributed by atoms with Crippen LogP contribution in [-0.4, -0.2) is 42.5 Å². The second-order valence-electron chi connectivity index (χ2n) is 6.06. The summed E-state index contributed by atoms with van der Waals surface area (Å²) in [5, 5.41) is 0. The van der Waals surface area contributed by atoms with E-state index in [1.165, 1.54) is 38.1 Å². The number of likely N-dealkylation sites (tertiary alicyclic amines) is 1. The van der Waals surface area contributed by atoms with E-state index in [1.807, 2.05) is 0 Å². The summed E-state index contributed by atoms with van der Waals surface area (Å²) >= 11 is 0. The zero-order chi connectivity index (χ0) is 14.9. The first kappa shape index (κ1) is 14.9. The highest BCUT2D eigenvalue weighted by Crippen LogP contribution is 2.32. The zero-order valence-corrected chi connectivity index (χ0v) is 12.1. The molecule has 116 valence electrons. The van der Waals surface area contributed by atoms with E-state index in [9.17, 15) is 13.2 Å². The lowest BCUT2D eigenvalue weighted by Gasteiger charge is -2.30. The van der Waals surface area contributed by atoms with E-state index in [0.717, 1.165) is 43.7 Å². The Balaban J connectivity index is 1.60. The third-order valence-electron chi connectivity index (χ3n) is 4.56. The van der Waals surface area contributed by atoms with Crippen molar-refractivity contribution in [3.05, 3.63) is 34.9 Å². The molecule has 0 amide bonds. The molecule has 1 aromatic carbocycles. The van der Waals surface area contributed by atoms with Gasteiger partial charge in [0.1, 0.15) is 0 Å². The van der Waals surface area contributed by atoms with Crippen molar-refractivity contribution >= 4 is 0 Å². The van der Waals surface area contributed by atoms with E-state index in [1.54, 1.807) is 6.07 Å². The van der Waals surface area contributed by atoms with Crippen LogP contribution < -0.4 is 0 Å². The van der Waals surface area contributed by atoms with Crippen LogP contribution in [0.3, 0.4) is 0 Å². The van der Waals surface area contributed by atoms with Gasteiger partial charge in [-0.15, -0.1) is 0 Å². The third kappa shape index (κ3) is 3.58. The van der Waals surface area contributed by atoms with Gasteiger partial charge >= 0.3 is 6.18 Å². The normalized spacial score (nSPS) is 20.7. The minimum absolute atomic E-state index is 0.522. The standard InChI is InChI=1S/C16H21F3N2/c17-16(18,19)15-4-3-14-12-21(8-5-13(14)11-15)10-9-20-6-1-2-7-20/h3-4,11H,1-2,5-10,12H2. The maximum atomic E-state index is 12.7. The van der Waals surface area contributed by atoms with E-state index in [4.69, 9.17) is 0 Å². The number of benzene rings is 1. The summed E-state index contributed by atoms with van der Waals surface area (Å²) in [7, 11) is 0. The Hall–Kier alpha value is -1.07. The Labute approximate surface area is 123 Å². The number of hydrogen-bond donors (Lipinski definition) is 0. The maximum absolute atomic E-state index is 12.7. The third-order valence-corrected chi connectivity index (χ3v) is 4.56. The molecule has 2 nitrogen and oxygen atoms in total. The van der Waals surface area contributed by atoms with Gasteiger partial charge in [0.2, 0.25) is 0 Å². The molecule has 0 atom stereocenters. The van der Waals surface area contributed by atoms with Gasteiger partial charge < -0.3 is 4.90 Å². The van der Waals surface area contributed by atoms with Crippen molar-refractivity contribution in [2.75, 3.05) is 32.7 Å². The molecular weight excluding hydrogens is 277 g/mol. The number of fused-ring (bicyclic) bond motifs is 1. The topological polar surface area (TPSA) is 6.48 Å². The van der Waals surface area contributed by atoms with Gasteiger partial charge in [0.05, 0.1) is 5.56 Å². The van der Waals surface area contributed by atoms with Crippen molar-refractivity contribution in [2.24, 2.45) is 0 Å². The lowest BCUT2D eigenvalue weighted by Crippen LogP contribution is -2.37. The smallest absolute Gasteiger partial charge is 0.302 e. The molecule has 0 unspecified atom stereocenters. The van der Waals surface area contributed by atoms with Crippen LogP contribution in [0.2, 0.25) is 0 Å². The van der Waals surface area contributed by atoms with Gasteiger partial charge in [0.25, 0.3) is 0 Å². The number of halogens is 3. The van der Waals surface area contributed by atoms with Gasteiger partial charge in [-0.25, -0.2) is 0 Å². The van der Waals surface area contributed by atoms with Gasteiger partial charge in [0, 0.05) is 26.2 Å². The first-order valence-electron chi connectivity index (χ1n) is 7.66. The SMILES string of the molecule is FC(F)(F)c1ccc2c(c1)CCN(CCN1CCCC1)C2. The molecule has 2 aliphatic heterocycles. The highest BCUT2D eigenvalue weighted by Gasteiger charge is 2.31. The summed E-state index contributed by atoms with van der Waals surface area (Å²) in [6, 6.07) is 4.19. The average molecular weight is 298 g/mol. The van der Waals surface area contributed by atoms with E-state index in [2.05, 4.69) is 9.80 Å². The molecule has 1 aromatic rings. The molecule has 0 aromatic heterocycles. The minimum Gasteiger partial charge on any atom is -0.302 e. The van der Waals surface area contributed by atoms with Crippen LogP contribution in [0.1, 0.15) is 29.5 Å². The van der Waals surface area contributed by atoms with E-state index >= 15 is 0 Å². The number of rotatable bonds is 3. The molecule has 3 rings (SSSR count). The quantitative estimate of drug-likeness (QED) is 0.846. The number of hydrogen-bond acceptors (Lipinski definition) is 2. The molecular formula is C16H21F3N2. The molecule has 21 heavy (non-hydrogen) atoms. The van der Waals surface area contributed by atoms with E-state index in [0.29, 0.717) is 0 Å². The average Bonchev–Trinajstić information content (AvgIpc) is 2.96. The molecule has 1 fully saturated rings.